The second kappa shape index (κ2) is 8.17. The minimum absolute atomic E-state index is 0.192. The quantitative estimate of drug-likeness (QED) is 0.772. The molecule has 0 radical (unpaired) electrons. The van der Waals surface area contributed by atoms with E-state index in [1.807, 2.05) is 12.1 Å². The fourth-order valence-electron chi connectivity index (χ4n) is 3.58. The van der Waals surface area contributed by atoms with Crippen molar-refractivity contribution in [3.63, 3.8) is 0 Å². The van der Waals surface area contributed by atoms with Crippen LogP contribution in [0.2, 0.25) is 0 Å². The highest BCUT2D eigenvalue weighted by Gasteiger charge is 2.41. The van der Waals surface area contributed by atoms with Gasteiger partial charge in [-0.05, 0) is 42.9 Å². The summed E-state index contributed by atoms with van der Waals surface area (Å²) in [6.45, 7) is 3.40. The summed E-state index contributed by atoms with van der Waals surface area (Å²) < 4.78 is 10.7. The van der Waals surface area contributed by atoms with Crippen LogP contribution in [-0.2, 0) is 22.5 Å². The summed E-state index contributed by atoms with van der Waals surface area (Å²) in [6.07, 6.45) is 3.40. The Morgan fingerprint density at radius 3 is 3.12 bits per heavy atom. The van der Waals surface area contributed by atoms with Gasteiger partial charge in [0.15, 0.2) is 5.60 Å². The molecule has 1 amide bonds. The zero-order valence-corrected chi connectivity index (χ0v) is 14.9. The van der Waals surface area contributed by atoms with Gasteiger partial charge in [0.2, 0.25) is 0 Å². The molecule has 0 aromatic heterocycles. The van der Waals surface area contributed by atoms with Crippen molar-refractivity contribution in [2.75, 3.05) is 40.0 Å². The number of piperidine rings is 1. The molecule has 2 aliphatic rings. The highest BCUT2D eigenvalue weighted by Crippen LogP contribution is 2.26. The number of hydrogen-bond donors (Lipinski definition) is 2. The number of likely N-dealkylation sites (tertiary alicyclic amines) is 1. The predicted molar refractivity (Wildman–Crippen MR) is 94.6 cm³/mol. The Bertz CT molecular complexity index is 607. The number of methoxy groups -OCH3 is 1. The number of benzene rings is 1. The number of amides is 1. The Morgan fingerprint density at radius 2 is 2.28 bits per heavy atom. The van der Waals surface area contributed by atoms with Crippen LogP contribution in [0.4, 0.5) is 0 Å². The molecule has 0 aliphatic carbocycles. The van der Waals surface area contributed by atoms with E-state index in [1.165, 1.54) is 5.56 Å². The number of fused-ring (bicyclic) bond motifs is 1. The van der Waals surface area contributed by atoms with E-state index in [9.17, 15) is 9.90 Å². The van der Waals surface area contributed by atoms with Crippen LogP contribution in [0, 0.1) is 0 Å². The Hall–Kier alpha value is -1.63. The Morgan fingerprint density at radius 1 is 1.40 bits per heavy atom. The summed E-state index contributed by atoms with van der Waals surface area (Å²) in [6, 6.07) is 6.20. The van der Waals surface area contributed by atoms with E-state index in [0.717, 1.165) is 37.2 Å². The molecule has 6 nitrogen and oxygen atoms in total. The SMILES string of the molecule is COCCN1CCC[C@](O)(CNCc2ccc3c(c2)CCCO3)C1=O. The average molecular weight is 348 g/mol. The van der Waals surface area contributed by atoms with Crippen molar-refractivity contribution in [1.82, 2.24) is 10.2 Å². The molecule has 1 aromatic carbocycles. The summed E-state index contributed by atoms with van der Waals surface area (Å²) >= 11 is 0. The maximum Gasteiger partial charge on any atom is 0.255 e. The van der Waals surface area contributed by atoms with Crippen LogP contribution in [0.3, 0.4) is 0 Å². The van der Waals surface area contributed by atoms with E-state index in [0.29, 0.717) is 32.7 Å². The van der Waals surface area contributed by atoms with Crippen molar-refractivity contribution in [3.8, 4) is 5.75 Å². The first kappa shape index (κ1) is 18.2. The number of hydrogen-bond acceptors (Lipinski definition) is 5. The number of nitrogens with one attached hydrogen (secondary N) is 1. The predicted octanol–water partition coefficient (Wildman–Crippen LogP) is 1.10. The van der Waals surface area contributed by atoms with E-state index in [4.69, 9.17) is 9.47 Å². The van der Waals surface area contributed by atoms with E-state index >= 15 is 0 Å². The maximum atomic E-state index is 12.6. The van der Waals surface area contributed by atoms with Gasteiger partial charge in [-0.1, -0.05) is 12.1 Å². The fourth-order valence-corrected chi connectivity index (χ4v) is 3.58. The lowest BCUT2D eigenvalue weighted by atomic mass is 9.91. The van der Waals surface area contributed by atoms with Crippen LogP contribution in [0.5, 0.6) is 5.75 Å². The molecule has 0 unspecified atom stereocenters. The number of carbonyl (C=O) groups excluding carboxylic acids is 1. The second-order valence-corrected chi connectivity index (χ2v) is 6.92. The molecule has 0 bridgehead atoms. The van der Waals surface area contributed by atoms with Gasteiger partial charge in [0.25, 0.3) is 5.91 Å². The van der Waals surface area contributed by atoms with Crippen LogP contribution in [-0.4, -0.2) is 61.5 Å². The number of carbonyl (C=O) groups is 1. The normalized spacial score (nSPS) is 23.3. The molecule has 0 spiro atoms. The van der Waals surface area contributed by atoms with Crippen LogP contribution in [0.1, 0.15) is 30.4 Å². The molecule has 1 atom stereocenters. The molecule has 3 rings (SSSR count). The summed E-state index contributed by atoms with van der Waals surface area (Å²) in [5, 5.41) is 14.0. The van der Waals surface area contributed by atoms with Crippen molar-refractivity contribution >= 4 is 5.91 Å². The number of aryl methyl sites for hydroxylation is 1. The first-order chi connectivity index (χ1) is 12.1. The smallest absolute Gasteiger partial charge is 0.255 e. The summed E-state index contributed by atoms with van der Waals surface area (Å²) in [5.41, 5.74) is 1.07. The molecular formula is C19H28N2O4. The van der Waals surface area contributed by atoms with E-state index in [2.05, 4.69) is 11.4 Å². The zero-order chi connectivity index (χ0) is 17.7. The lowest BCUT2D eigenvalue weighted by Gasteiger charge is -2.38. The topological polar surface area (TPSA) is 71.0 Å². The average Bonchev–Trinajstić information content (AvgIpc) is 2.63. The second-order valence-electron chi connectivity index (χ2n) is 6.92. The molecule has 2 N–H and O–H groups in total. The number of aliphatic hydroxyl groups is 1. The molecule has 1 aromatic rings. The van der Waals surface area contributed by atoms with E-state index in [-0.39, 0.29) is 12.5 Å². The number of nitrogens with zero attached hydrogens (tertiary/aromatic N) is 1. The van der Waals surface area contributed by atoms with Gasteiger partial charge in [-0.2, -0.15) is 0 Å². The molecule has 1 saturated heterocycles. The molecule has 2 heterocycles. The Labute approximate surface area is 149 Å². The highest BCUT2D eigenvalue weighted by molar-refractivity contribution is 5.86. The van der Waals surface area contributed by atoms with Crippen LogP contribution >= 0.6 is 0 Å². The Kier molecular flexibility index (Phi) is 5.93. The largest absolute Gasteiger partial charge is 0.493 e. The van der Waals surface area contributed by atoms with Gasteiger partial charge in [-0.15, -0.1) is 0 Å². The minimum Gasteiger partial charge on any atom is -0.493 e. The number of ether oxygens (including phenoxy) is 2. The third kappa shape index (κ3) is 4.32. The van der Waals surface area contributed by atoms with Gasteiger partial charge in [0, 0.05) is 33.3 Å². The molecule has 6 heteroatoms. The fraction of sp³-hybridized carbons (Fsp3) is 0.632. The van der Waals surface area contributed by atoms with Crippen molar-refractivity contribution in [2.24, 2.45) is 0 Å². The molecule has 138 valence electrons. The lowest BCUT2D eigenvalue weighted by molar-refractivity contribution is -0.157. The first-order valence-corrected chi connectivity index (χ1v) is 9.08. The van der Waals surface area contributed by atoms with Crippen molar-refractivity contribution < 1.29 is 19.4 Å². The van der Waals surface area contributed by atoms with Crippen LogP contribution in [0.15, 0.2) is 18.2 Å². The van der Waals surface area contributed by atoms with Gasteiger partial charge < -0.3 is 24.8 Å². The molecular weight excluding hydrogens is 320 g/mol. The van der Waals surface area contributed by atoms with Crippen LogP contribution < -0.4 is 10.1 Å². The minimum atomic E-state index is -1.32. The number of rotatable bonds is 7. The van der Waals surface area contributed by atoms with Crippen LogP contribution in [0.25, 0.3) is 0 Å². The van der Waals surface area contributed by atoms with Crippen molar-refractivity contribution in [1.29, 1.82) is 0 Å². The lowest BCUT2D eigenvalue weighted by Crippen LogP contribution is -2.58. The summed E-state index contributed by atoms with van der Waals surface area (Å²) in [7, 11) is 1.62. The van der Waals surface area contributed by atoms with Gasteiger partial charge in [-0.25, -0.2) is 0 Å². The first-order valence-electron chi connectivity index (χ1n) is 9.08. The molecule has 25 heavy (non-hydrogen) atoms. The maximum absolute atomic E-state index is 12.6. The van der Waals surface area contributed by atoms with Crippen molar-refractivity contribution in [2.45, 2.75) is 37.8 Å². The summed E-state index contributed by atoms with van der Waals surface area (Å²) in [5.74, 6) is 0.784. The summed E-state index contributed by atoms with van der Waals surface area (Å²) in [4.78, 5) is 14.3. The van der Waals surface area contributed by atoms with Gasteiger partial charge in [0.1, 0.15) is 5.75 Å². The standard InChI is InChI=1S/C19H28N2O4/c1-24-11-9-21-8-3-7-19(23,18(21)22)14-20-13-15-5-6-17-16(12-15)4-2-10-25-17/h5-6,12,20,23H,2-4,7-11,13-14H2,1H3/t19-/m0/s1. The van der Waals surface area contributed by atoms with E-state index in [1.54, 1.807) is 12.0 Å². The van der Waals surface area contributed by atoms with Gasteiger partial charge in [-0.3, -0.25) is 4.79 Å². The van der Waals surface area contributed by atoms with Crippen molar-refractivity contribution in [3.05, 3.63) is 29.3 Å². The van der Waals surface area contributed by atoms with Gasteiger partial charge in [0.05, 0.1) is 13.2 Å². The molecule has 0 saturated carbocycles. The monoisotopic (exact) mass is 348 g/mol. The third-order valence-electron chi connectivity index (χ3n) is 4.99. The van der Waals surface area contributed by atoms with Gasteiger partial charge >= 0.3 is 0 Å². The molecule has 1 fully saturated rings. The highest BCUT2D eigenvalue weighted by atomic mass is 16.5. The zero-order valence-electron chi connectivity index (χ0n) is 14.9. The Balaban J connectivity index is 1.54. The third-order valence-corrected chi connectivity index (χ3v) is 4.99. The van der Waals surface area contributed by atoms with E-state index < -0.39 is 5.60 Å². The molecule has 2 aliphatic heterocycles.